The third-order valence-electron chi connectivity index (χ3n) is 12.3. The number of primary amides is 2. The van der Waals surface area contributed by atoms with Gasteiger partial charge in [0.2, 0.25) is 53.2 Å². The number of aromatic hydroxyl groups is 1. The van der Waals surface area contributed by atoms with E-state index in [9.17, 15) is 103 Å². The number of phenols is 1. The number of carboxylic acid groups (broad SMARTS) is 4. The lowest BCUT2D eigenvalue weighted by Gasteiger charge is -2.31. The number of carboxylic acids is 4. The van der Waals surface area contributed by atoms with Crippen molar-refractivity contribution in [2.45, 2.75) is 133 Å². The SMILES string of the molecule is CC(C)C[C@H](NC(=O)[C@@H]1CCCN1C(=O)[C@H](CCC(N)=O)NC(=O)[C@H](CC(N)=O)NC(=O)c1ccccc1N)C(=O)N[C@@H](CC(=O)O)C(=O)N[C@@H](CCC(=O)O)C(=O)N[C@@H](Cc1ccc(O)c([N+](=O)[O-])c1)C(=O)N[C@@H](CC(=O)O)C(=O)O. The minimum absolute atomic E-state index is 0.0190. The number of carbonyl (C=O) groups excluding carboxylic acids is 10. The van der Waals surface area contributed by atoms with Crippen LogP contribution in [-0.2, 0) is 68.7 Å². The molecule has 0 radical (unpaired) electrons. The summed E-state index contributed by atoms with van der Waals surface area (Å²) in [6, 6.07) is -6.08. The number of nitrogens with two attached hydrogens (primary N) is 3. The van der Waals surface area contributed by atoms with Gasteiger partial charge in [0.15, 0.2) is 5.75 Å². The number of nitrogens with one attached hydrogen (secondary N) is 7. The summed E-state index contributed by atoms with van der Waals surface area (Å²) in [5.74, 6) is -19.3. The van der Waals surface area contributed by atoms with E-state index in [1.807, 2.05) is 5.32 Å². The fraction of sp³-hybridized carbons (Fsp3) is 0.469. The number of rotatable bonds is 33. The Bertz CT molecular complexity index is 2810. The molecule has 0 unspecified atom stereocenters. The molecule has 0 aromatic heterocycles. The van der Waals surface area contributed by atoms with Crippen LogP contribution in [0.2, 0.25) is 0 Å². The summed E-state index contributed by atoms with van der Waals surface area (Å²) in [5.41, 5.74) is 15.5. The first kappa shape index (κ1) is 66.3. The van der Waals surface area contributed by atoms with E-state index in [0.29, 0.717) is 0 Å². The average molecular weight is 1160 g/mol. The van der Waals surface area contributed by atoms with Crippen LogP contribution in [0.5, 0.6) is 5.75 Å². The molecule has 10 amide bonds. The second kappa shape index (κ2) is 31.0. The van der Waals surface area contributed by atoms with Crippen molar-refractivity contribution in [1.82, 2.24) is 42.1 Å². The molecule has 0 bridgehead atoms. The molecule has 18 N–H and O–H groups in total. The molecule has 0 saturated carbocycles. The van der Waals surface area contributed by atoms with Crippen LogP contribution in [0.15, 0.2) is 42.5 Å². The Morgan fingerprint density at radius 1 is 0.634 bits per heavy atom. The maximum atomic E-state index is 14.3. The van der Waals surface area contributed by atoms with Gasteiger partial charge in [-0.15, -0.1) is 0 Å². The maximum Gasteiger partial charge on any atom is 0.326 e. The van der Waals surface area contributed by atoms with Gasteiger partial charge in [-0.3, -0.25) is 72.4 Å². The molecule has 2 aromatic carbocycles. The molecule has 1 heterocycles. The zero-order valence-corrected chi connectivity index (χ0v) is 44.1. The van der Waals surface area contributed by atoms with Crippen LogP contribution >= 0.6 is 0 Å². The quantitative estimate of drug-likeness (QED) is 0.0185. The van der Waals surface area contributed by atoms with Gasteiger partial charge in [-0.2, -0.15) is 0 Å². The first-order valence-electron chi connectivity index (χ1n) is 25.1. The molecule has 0 spiro atoms. The van der Waals surface area contributed by atoms with E-state index < -0.39 is 205 Å². The summed E-state index contributed by atoms with van der Waals surface area (Å²) in [4.78, 5) is 193. The van der Waals surface area contributed by atoms with Crippen molar-refractivity contribution < 1.29 is 97.6 Å². The van der Waals surface area contributed by atoms with E-state index in [1.165, 1.54) is 24.3 Å². The molecule has 446 valence electrons. The van der Waals surface area contributed by atoms with E-state index in [4.69, 9.17) is 17.2 Å². The van der Waals surface area contributed by atoms with E-state index >= 15 is 0 Å². The lowest BCUT2D eigenvalue weighted by Crippen LogP contribution is -2.60. The second-order valence-corrected chi connectivity index (χ2v) is 19.2. The Kier molecular flexibility index (Phi) is 25.0. The Morgan fingerprint density at radius 3 is 1.72 bits per heavy atom. The second-order valence-electron chi connectivity index (χ2n) is 19.2. The average Bonchev–Trinajstić information content (AvgIpc) is 4.02. The lowest BCUT2D eigenvalue weighted by molar-refractivity contribution is -0.385. The number of hydrogen-bond donors (Lipinski definition) is 15. The predicted molar refractivity (Wildman–Crippen MR) is 278 cm³/mol. The van der Waals surface area contributed by atoms with Crippen molar-refractivity contribution >= 4 is 94.3 Å². The number of anilines is 1. The van der Waals surface area contributed by atoms with Crippen molar-refractivity contribution in [3.05, 3.63) is 63.7 Å². The van der Waals surface area contributed by atoms with Crippen molar-refractivity contribution in [2.75, 3.05) is 12.3 Å². The molecule has 0 aliphatic carbocycles. The highest BCUT2D eigenvalue weighted by atomic mass is 16.6. The predicted octanol–water partition coefficient (Wildman–Crippen LogP) is -3.79. The number of likely N-dealkylation sites (tertiary alicyclic amines) is 1. The highest BCUT2D eigenvalue weighted by Gasteiger charge is 2.41. The Labute approximate surface area is 464 Å². The molecule has 1 fully saturated rings. The highest BCUT2D eigenvalue weighted by Crippen LogP contribution is 2.27. The third kappa shape index (κ3) is 21.0. The van der Waals surface area contributed by atoms with Crippen LogP contribution in [0.1, 0.15) is 94.0 Å². The summed E-state index contributed by atoms with van der Waals surface area (Å²) >= 11 is 0. The largest absolute Gasteiger partial charge is 0.502 e. The fourth-order valence-corrected chi connectivity index (χ4v) is 8.31. The molecule has 2 aromatic rings. The van der Waals surface area contributed by atoms with Crippen LogP contribution in [0.4, 0.5) is 11.4 Å². The summed E-state index contributed by atoms with van der Waals surface area (Å²) in [7, 11) is 0. The molecule has 33 nitrogen and oxygen atoms in total. The summed E-state index contributed by atoms with van der Waals surface area (Å²) in [5, 5.41) is 75.2. The van der Waals surface area contributed by atoms with E-state index in [0.717, 1.165) is 23.1 Å². The van der Waals surface area contributed by atoms with Crippen molar-refractivity contribution in [2.24, 2.45) is 17.4 Å². The summed E-state index contributed by atoms with van der Waals surface area (Å²) in [6.45, 7) is 3.11. The number of nitro groups is 1. The number of aliphatic carboxylic acids is 4. The van der Waals surface area contributed by atoms with Crippen molar-refractivity contribution in [3.8, 4) is 5.75 Å². The van der Waals surface area contributed by atoms with Gasteiger partial charge in [-0.25, -0.2) is 4.79 Å². The molecule has 3 rings (SSSR count). The number of carbonyl (C=O) groups is 14. The van der Waals surface area contributed by atoms with Crippen LogP contribution in [0, 0.1) is 16.0 Å². The van der Waals surface area contributed by atoms with Crippen molar-refractivity contribution in [1.29, 1.82) is 0 Å². The lowest BCUT2D eigenvalue weighted by atomic mass is 10.0. The molecular weight excluding hydrogens is 1090 g/mol. The van der Waals surface area contributed by atoms with Gasteiger partial charge < -0.3 is 84.9 Å². The number of amides is 10. The van der Waals surface area contributed by atoms with Crippen LogP contribution in [0.3, 0.4) is 0 Å². The highest BCUT2D eigenvalue weighted by molar-refractivity contribution is 6.03. The maximum absolute atomic E-state index is 14.3. The van der Waals surface area contributed by atoms with Gasteiger partial charge in [0.1, 0.15) is 48.3 Å². The number of benzene rings is 2. The first-order valence-corrected chi connectivity index (χ1v) is 25.1. The number of hydrogen-bond acceptors (Lipinski definition) is 18. The topological polar surface area (TPSA) is 549 Å². The number of nitro benzene ring substituents is 1. The first-order chi connectivity index (χ1) is 38.4. The minimum Gasteiger partial charge on any atom is -0.502 e. The van der Waals surface area contributed by atoms with Crippen molar-refractivity contribution in [3.63, 3.8) is 0 Å². The smallest absolute Gasteiger partial charge is 0.326 e. The fourth-order valence-electron chi connectivity index (χ4n) is 8.31. The normalized spacial score (nSPS) is 15.3. The van der Waals surface area contributed by atoms with Gasteiger partial charge in [0.05, 0.1) is 29.7 Å². The van der Waals surface area contributed by atoms with Gasteiger partial charge in [0, 0.05) is 37.6 Å². The third-order valence-corrected chi connectivity index (χ3v) is 12.3. The molecule has 1 aliphatic heterocycles. The molecule has 1 aliphatic rings. The van der Waals surface area contributed by atoms with E-state index in [2.05, 4.69) is 31.9 Å². The van der Waals surface area contributed by atoms with Crippen LogP contribution < -0.4 is 54.4 Å². The van der Waals surface area contributed by atoms with Gasteiger partial charge in [0.25, 0.3) is 5.91 Å². The monoisotopic (exact) mass is 1160 g/mol. The van der Waals surface area contributed by atoms with Crippen LogP contribution in [0.25, 0.3) is 0 Å². The standard InChI is InChI=1S/C49H64N12O21/c1-22(2)16-28(58-47(77)33-8-5-15-60(33)48(78)27(10-13-36(51)63)54-45(75)30(19-37(52)64)55-41(71)24-6-3-4-7-25(24)50)43(73)57-31(20-39(67)68)46(76)53-26(11-14-38(65)66)42(72)56-29(44(74)59-32(49(79)80)21-40(69)70)17-23-9-12-35(62)34(18-23)61(81)82/h3-4,6-7,9,12,18,22,26-33,62H,5,8,10-11,13-17,19-21,50H2,1-2H3,(H2,51,63)(H2,52,64)(H,53,76)(H,54,75)(H,55,71)(H,56,72)(H,57,73)(H,58,77)(H,59,74)(H,65,66)(H,67,68)(H,69,70)(H,79,80)/t26-,27-,28-,29-,30-,31-,32-,33-/m0/s1. The van der Waals surface area contributed by atoms with Gasteiger partial charge in [-0.05, 0) is 61.8 Å². The summed E-state index contributed by atoms with van der Waals surface area (Å²) < 4.78 is 0. The number of para-hydroxylation sites is 1. The zero-order chi connectivity index (χ0) is 61.7. The molecule has 82 heavy (non-hydrogen) atoms. The van der Waals surface area contributed by atoms with E-state index in [-0.39, 0.29) is 42.6 Å². The number of phenolic OH excluding ortho intramolecular Hbond substituents is 1. The number of nitrogens with zero attached hydrogens (tertiary/aromatic N) is 2. The van der Waals surface area contributed by atoms with Gasteiger partial charge >= 0.3 is 29.6 Å². The number of nitrogen functional groups attached to an aromatic ring is 1. The molecule has 33 heteroatoms. The molecule has 1 saturated heterocycles. The zero-order valence-electron chi connectivity index (χ0n) is 44.1. The minimum atomic E-state index is -2.12. The Hall–Kier alpha value is -9.98. The van der Waals surface area contributed by atoms with Crippen LogP contribution in [-0.4, -0.2) is 173 Å². The molecular formula is C49H64N12O21. The Balaban J connectivity index is 1.92. The Morgan fingerprint density at radius 2 is 1.16 bits per heavy atom. The molecule has 8 atom stereocenters. The summed E-state index contributed by atoms with van der Waals surface area (Å²) in [6.07, 6.45) is -6.59. The van der Waals surface area contributed by atoms with Gasteiger partial charge in [-0.1, -0.05) is 32.0 Å². The van der Waals surface area contributed by atoms with E-state index in [1.54, 1.807) is 13.8 Å².